The first-order chi connectivity index (χ1) is 17.2. The average Bonchev–Trinajstić information content (AvgIpc) is 3.19. The normalized spacial score (nSPS) is 17.1. The molecule has 2 aliphatic heterocycles. The number of aryl methyl sites for hydroxylation is 1. The van der Waals surface area contributed by atoms with E-state index in [0.717, 1.165) is 41.6 Å². The van der Waals surface area contributed by atoms with Crippen molar-refractivity contribution in [2.24, 2.45) is 5.92 Å². The van der Waals surface area contributed by atoms with E-state index in [2.05, 4.69) is 14.9 Å². The summed E-state index contributed by atoms with van der Waals surface area (Å²) in [6.07, 6.45) is -0.404. The second-order valence-corrected chi connectivity index (χ2v) is 9.19. The van der Waals surface area contributed by atoms with E-state index in [-0.39, 0.29) is 38.4 Å². The second-order valence-electron chi connectivity index (χ2n) is 9.19. The van der Waals surface area contributed by atoms with Crippen molar-refractivity contribution in [1.29, 1.82) is 0 Å². The fourth-order valence-electron chi connectivity index (χ4n) is 4.54. The van der Waals surface area contributed by atoms with Crippen molar-refractivity contribution in [3.8, 4) is 5.75 Å². The Balaban J connectivity index is 0.00000380. The molecule has 0 fully saturated rings. The third kappa shape index (κ3) is 7.77. The van der Waals surface area contributed by atoms with Crippen LogP contribution in [0.1, 0.15) is 43.0 Å². The van der Waals surface area contributed by atoms with E-state index in [1.54, 1.807) is 18.2 Å². The first kappa shape index (κ1) is 28.6. The van der Waals surface area contributed by atoms with Gasteiger partial charge in [0.2, 0.25) is 11.9 Å². The largest absolute Gasteiger partial charge is 0.493 e. The van der Waals surface area contributed by atoms with Crippen molar-refractivity contribution >= 4 is 30.2 Å². The molecule has 1 N–H and O–H groups in total. The van der Waals surface area contributed by atoms with Gasteiger partial charge in [0, 0.05) is 32.3 Å². The number of carbonyl (C=O) groups is 2. The summed E-state index contributed by atoms with van der Waals surface area (Å²) in [5, 5.41) is 3.25. The number of halogens is 4. The predicted molar refractivity (Wildman–Crippen MR) is 133 cm³/mol. The average molecular weight is 545 g/mol. The third-order valence-corrected chi connectivity index (χ3v) is 6.23. The van der Waals surface area contributed by atoms with Crippen LogP contribution in [0.15, 0.2) is 24.4 Å². The minimum Gasteiger partial charge on any atom is -0.493 e. The zero-order valence-corrected chi connectivity index (χ0v) is 21.5. The molecule has 0 spiro atoms. The third-order valence-electron chi connectivity index (χ3n) is 6.23. The summed E-state index contributed by atoms with van der Waals surface area (Å²) in [4.78, 5) is 30.4. The maximum atomic E-state index is 13.2. The smallest absolute Gasteiger partial charge is 0.406 e. The highest BCUT2D eigenvalue weighted by atomic mass is 35.5. The molecule has 3 heterocycles. The van der Waals surface area contributed by atoms with Gasteiger partial charge in [-0.05, 0) is 42.5 Å². The number of benzene rings is 1. The van der Waals surface area contributed by atoms with Crippen molar-refractivity contribution in [1.82, 2.24) is 14.5 Å². The first-order valence-corrected chi connectivity index (χ1v) is 12.3. The second kappa shape index (κ2) is 12.5. The molecule has 0 unspecified atom stereocenters. The maximum absolute atomic E-state index is 13.2. The number of anilines is 1. The van der Waals surface area contributed by atoms with Gasteiger partial charge in [-0.1, -0.05) is 13.0 Å². The topological polar surface area (TPSA) is 85.7 Å². The van der Waals surface area contributed by atoms with E-state index in [1.165, 1.54) is 0 Å². The van der Waals surface area contributed by atoms with E-state index in [0.29, 0.717) is 30.8 Å². The number of hydrogen-bond acceptors (Lipinski definition) is 6. The van der Waals surface area contributed by atoms with Gasteiger partial charge < -0.3 is 24.3 Å². The lowest BCUT2D eigenvalue weighted by atomic mass is 9.94. The number of nitrogens with zero attached hydrogens (tertiary/aromatic N) is 3. The van der Waals surface area contributed by atoms with E-state index in [4.69, 9.17) is 9.47 Å². The van der Waals surface area contributed by atoms with Crippen LogP contribution in [-0.4, -0.2) is 58.8 Å². The molecule has 0 saturated carbocycles. The zero-order chi connectivity index (χ0) is 25.7. The Morgan fingerprint density at radius 2 is 2.05 bits per heavy atom. The Kier molecular flexibility index (Phi) is 9.69. The van der Waals surface area contributed by atoms with Crippen LogP contribution in [0.4, 0.5) is 19.1 Å². The van der Waals surface area contributed by atoms with E-state index < -0.39 is 30.5 Å². The molecular formula is C25H32ClF3N4O4. The Labute approximate surface area is 219 Å². The summed E-state index contributed by atoms with van der Waals surface area (Å²) in [6, 6.07) is 5.19. The van der Waals surface area contributed by atoms with Crippen LogP contribution in [0.5, 0.6) is 5.75 Å². The summed E-state index contributed by atoms with van der Waals surface area (Å²) in [5.74, 6) is -0.830. The highest BCUT2D eigenvalue weighted by Crippen LogP contribution is 2.30. The number of esters is 1. The quantitative estimate of drug-likeness (QED) is 0.477. The van der Waals surface area contributed by atoms with Crippen LogP contribution >= 0.6 is 12.4 Å². The molecule has 37 heavy (non-hydrogen) atoms. The molecule has 0 bridgehead atoms. The zero-order valence-electron chi connectivity index (χ0n) is 20.7. The van der Waals surface area contributed by atoms with Gasteiger partial charge in [0.25, 0.3) is 0 Å². The Hall–Kier alpha value is -2.95. The van der Waals surface area contributed by atoms with Gasteiger partial charge in [0.05, 0.1) is 31.2 Å². The molecular weight excluding hydrogens is 513 g/mol. The number of hydrogen-bond donors (Lipinski definition) is 1. The van der Waals surface area contributed by atoms with Crippen LogP contribution < -0.4 is 10.1 Å². The van der Waals surface area contributed by atoms with Crippen molar-refractivity contribution in [2.75, 3.05) is 31.6 Å². The monoisotopic (exact) mass is 544 g/mol. The molecule has 0 aliphatic carbocycles. The van der Waals surface area contributed by atoms with Crippen molar-refractivity contribution < 1.29 is 32.2 Å². The number of nitrogens with one attached hydrogen (secondary N) is 1. The van der Waals surface area contributed by atoms with Gasteiger partial charge in [-0.25, -0.2) is 4.98 Å². The fraction of sp³-hybridized carbons (Fsp3) is 0.560. The highest BCUT2D eigenvalue weighted by Gasteiger charge is 2.38. The molecule has 1 amide bonds. The number of aromatic nitrogens is 2. The Bertz CT molecular complexity index is 1070. The molecule has 1 aromatic heterocycles. The van der Waals surface area contributed by atoms with E-state index in [9.17, 15) is 22.8 Å². The van der Waals surface area contributed by atoms with Crippen LogP contribution in [0.25, 0.3) is 0 Å². The van der Waals surface area contributed by atoms with Crippen molar-refractivity contribution in [2.45, 2.75) is 58.3 Å². The fourth-order valence-corrected chi connectivity index (χ4v) is 4.54. The minimum atomic E-state index is -4.56. The molecule has 0 radical (unpaired) electrons. The summed E-state index contributed by atoms with van der Waals surface area (Å²) >= 11 is 0. The van der Waals surface area contributed by atoms with Crippen LogP contribution in [0, 0.1) is 5.92 Å². The minimum absolute atomic E-state index is 0. The lowest BCUT2D eigenvalue weighted by molar-refractivity contribution is -0.165. The standard InChI is InChI=1S/C25H31F3N4O4.ClH/c1-2-9-36-22(33)13-18-11-17-4-5-21(12-19(17)14-32(23(18)34)16-25(26,27)28)35-10-6-20-15-31-8-3-7-29-24(31)30-20;/h4-5,12,15,18H,2-3,6-11,13-14,16H2,1H3,(H,29,30);1H/t18-;/m0./s1. The van der Waals surface area contributed by atoms with Gasteiger partial charge in [0.15, 0.2) is 0 Å². The van der Waals surface area contributed by atoms with Gasteiger partial charge in [-0.15, -0.1) is 12.4 Å². The number of fused-ring (bicyclic) bond motifs is 2. The number of imidazole rings is 1. The lowest BCUT2D eigenvalue weighted by Crippen LogP contribution is -2.41. The van der Waals surface area contributed by atoms with Crippen LogP contribution in [0.3, 0.4) is 0 Å². The molecule has 2 aromatic rings. The number of rotatable bonds is 9. The van der Waals surface area contributed by atoms with E-state index >= 15 is 0 Å². The van der Waals surface area contributed by atoms with Gasteiger partial charge in [-0.3, -0.25) is 9.59 Å². The summed E-state index contributed by atoms with van der Waals surface area (Å²) in [6.45, 7) is 2.64. The number of ether oxygens (including phenoxy) is 2. The molecule has 8 nitrogen and oxygen atoms in total. The number of carbonyl (C=O) groups excluding carboxylic acids is 2. The Morgan fingerprint density at radius 3 is 2.78 bits per heavy atom. The van der Waals surface area contributed by atoms with Gasteiger partial charge in [-0.2, -0.15) is 13.2 Å². The van der Waals surface area contributed by atoms with Crippen molar-refractivity contribution in [3.05, 3.63) is 41.2 Å². The molecule has 0 saturated heterocycles. The molecule has 2 aliphatic rings. The lowest BCUT2D eigenvalue weighted by Gasteiger charge is -2.25. The number of alkyl halides is 3. The van der Waals surface area contributed by atoms with Crippen molar-refractivity contribution in [3.63, 3.8) is 0 Å². The molecule has 1 aromatic carbocycles. The number of amides is 1. The SMILES string of the molecule is CCCOC(=O)C[C@@H]1Cc2ccc(OCCc3cn4c(n3)NCCC4)cc2CN(CC(F)(F)F)C1=O.Cl. The van der Waals surface area contributed by atoms with Crippen LogP contribution in [0.2, 0.25) is 0 Å². The molecule has 12 heteroatoms. The maximum Gasteiger partial charge on any atom is 0.406 e. The summed E-state index contributed by atoms with van der Waals surface area (Å²) < 4.78 is 52.8. The molecule has 204 valence electrons. The molecule has 1 atom stereocenters. The Morgan fingerprint density at radius 1 is 1.24 bits per heavy atom. The predicted octanol–water partition coefficient (Wildman–Crippen LogP) is 4.15. The summed E-state index contributed by atoms with van der Waals surface area (Å²) in [5.41, 5.74) is 2.20. The summed E-state index contributed by atoms with van der Waals surface area (Å²) in [7, 11) is 0. The van der Waals surface area contributed by atoms with Gasteiger partial charge >= 0.3 is 12.1 Å². The highest BCUT2D eigenvalue weighted by molar-refractivity contribution is 5.85. The first-order valence-electron chi connectivity index (χ1n) is 12.3. The van der Waals surface area contributed by atoms with Gasteiger partial charge in [0.1, 0.15) is 12.3 Å². The van der Waals surface area contributed by atoms with E-state index in [1.807, 2.05) is 13.1 Å². The van der Waals surface area contributed by atoms with Crippen LogP contribution in [-0.2, 0) is 40.3 Å². The molecule has 4 rings (SSSR count).